The molecule has 1 aliphatic rings. The molecule has 8 nitrogen and oxygen atoms in total. The van der Waals surface area contributed by atoms with Crippen molar-refractivity contribution in [1.29, 1.82) is 0 Å². The van der Waals surface area contributed by atoms with Gasteiger partial charge in [-0.05, 0) is 55.8 Å². The smallest absolute Gasteiger partial charge is 0.276 e. The van der Waals surface area contributed by atoms with Crippen molar-refractivity contribution in [3.05, 3.63) is 60.8 Å². The number of amides is 1. The molecular formula is C21H22ClN7O. The second kappa shape index (κ2) is 8.64. The van der Waals surface area contributed by atoms with Crippen molar-refractivity contribution in [1.82, 2.24) is 30.3 Å². The molecule has 1 fully saturated rings. The fraction of sp³-hybridized carbons (Fsp3) is 0.238. The van der Waals surface area contributed by atoms with Crippen LogP contribution in [0.25, 0.3) is 22.0 Å². The third kappa shape index (κ3) is 3.92. The van der Waals surface area contributed by atoms with E-state index in [1.807, 2.05) is 24.4 Å². The van der Waals surface area contributed by atoms with Crippen LogP contribution in [-0.4, -0.2) is 44.0 Å². The fourth-order valence-corrected chi connectivity index (χ4v) is 3.75. The molecular weight excluding hydrogens is 402 g/mol. The number of carbonyl (C=O) groups excluding carboxylic acids is 1. The van der Waals surface area contributed by atoms with Crippen LogP contribution in [0.2, 0.25) is 0 Å². The van der Waals surface area contributed by atoms with Crippen LogP contribution in [0, 0.1) is 0 Å². The number of pyridine rings is 1. The minimum absolute atomic E-state index is 0. The molecule has 0 unspecified atom stereocenters. The number of hydrogen-bond acceptors (Lipinski definition) is 5. The number of aromatic nitrogens is 5. The third-order valence-electron chi connectivity index (χ3n) is 5.33. The molecule has 3 aromatic heterocycles. The van der Waals surface area contributed by atoms with Crippen LogP contribution < -0.4 is 10.6 Å². The lowest BCUT2D eigenvalue weighted by Gasteiger charge is -2.22. The van der Waals surface area contributed by atoms with E-state index >= 15 is 0 Å². The molecule has 0 bridgehead atoms. The zero-order valence-electron chi connectivity index (χ0n) is 16.2. The van der Waals surface area contributed by atoms with Crippen LogP contribution >= 0.6 is 12.4 Å². The van der Waals surface area contributed by atoms with Gasteiger partial charge in [-0.3, -0.25) is 19.6 Å². The molecule has 154 valence electrons. The first-order chi connectivity index (χ1) is 14.3. The molecule has 0 aliphatic carbocycles. The van der Waals surface area contributed by atoms with Crippen LogP contribution in [-0.2, 0) is 0 Å². The maximum atomic E-state index is 12.7. The molecule has 0 radical (unpaired) electrons. The number of fused-ring (bicyclic) bond motifs is 1. The number of nitrogens with zero attached hydrogens (tertiary/aromatic N) is 4. The number of hydrogen-bond donors (Lipinski definition) is 3. The van der Waals surface area contributed by atoms with Crippen molar-refractivity contribution in [3.8, 4) is 11.1 Å². The van der Waals surface area contributed by atoms with Gasteiger partial charge in [0.2, 0.25) is 0 Å². The predicted octanol–water partition coefficient (Wildman–Crippen LogP) is 3.42. The van der Waals surface area contributed by atoms with Crippen molar-refractivity contribution in [2.24, 2.45) is 0 Å². The van der Waals surface area contributed by atoms with E-state index in [-0.39, 0.29) is 18.3 Å². The molecule has 0 atom stereocenters. The number of piperidine rings is 1. The summed E-state index contributed by atoms with van der Waals surface area (Å²) in [6.07, 6.45) is 9.42. The highest BCUT2D eigenvalue weighted by Gasteiger charge is 2.18. The summed E-state index contributed by atoms with van der Waals surface area (Å²) in [6, 6.07) is 9.88. The Labute approximate surface area is 179 Å². The van der Waals surface area contributed by atoms with E-state index < -0.39 is 0 Å². The second-order valence-corrected chi connectivity index (χ2v) is 7.21. The molecule has 0 spiro atoms. The third-order valence-corrected chi connectivity index (χ3v) is 5.33. The van der Waals surface area contributed by atoms with Gasteiger partial charge in [0.25, 0.3) is 5.91 Å². The Morgan fingerprint density at radius 3 is 2.70 bits per heavy atom. The lowest BCUT2D eigenvalue weighted by molar-refractivity contribution is 0.102. The van der Waals surface area contributed by atoms with Gasteiger partial charge < -0.3 is 10.6 Å². The topological polar surface area (TPSA) is 101 Å². The highest BCUT2D eigenvalue weighted by Crippen LogP contribution is 2.27. The second-order valence-electron chi connectivity index (χ2n) is 7.21. The molecule has 0 saturated carbocycles. The first-order valence-electron chi connectivity index (χ1n) is 9.73. The van der Waals surface area contributed by atoms with Crippen LogP contribution in [0.5, 0.6) is 0 Å². The summed E-state index contributed by atoms with van der Waals surface area (Å²) in [5, 5.41) is 18.8. The molecule has 3 N–H and O–H groups in total. The van der Waals surface area contributed by atoms with Crippen molar-refractivity contribution >= 4 is 34.9 Å². The van der Waals surface area contributed by atoms with Crippen LogP contribution in [0.1, 0.15) is 29.4 Å². The van der Waals surface area contributed by atoms with E-state index in [9.17, 15) is 4.79 Å². The molecule has 4 heterocycles. The maximum absolute atomic E-state index is 12.7. The SMILES string of the molecule is Cl.O=C(Nc1ccncc1)c1n[nH]c2ccc(-c3cnn(C4CCNCC4)c3)cc12. The first-order valence-corrected chi connectivity index (χ1v) is 9.73. The number of rotatable bonds is 4. The molecule has 1 aromatic carbocycles. The van der Waals surface area contributed by atoms with Crippen molar-refractivity contribution in [2.45, 2.75) is 18.9 Å². The van der Waals surface area contributed by atoms with E-state index in [1.54, 1.807) is 24.5 Å². The van der Waals surface area contributed by atoms with Crippen LogP contribution in [0.3, 0.4) is 0 Å². The van der Waals surface area contributed by atoms with E-state index in [1.165, 1.54) is 0 Å². The predicted molar refractivity (Wildman–Crippen MR) is 118 cm³/mol. The molecule has 1 aliphatic heterocycles. The molecule has 4 aromatic rings. The van der Waals surface area contributed by atoms with Crippen LogP contribution in [0.15, 0.2) is 55.1 Å². The van der Waals surface area contributed by atoms with E-state index in [0.29, 0.717) is 17.4 Å². The molecule has 1 saturated heterocycles. The Kier molecular flexibility index (Phi) is 5.78. The van der Waals surface area contributed by atoms with E-state index in [2.05, 4.69) is 41.8 Å². The van der Waals surface area contributed by atoms with Gasteiger partial charge in [0.15, 0.2) is 5.69 Å². The van der Waals surface area contributed by atoms with Crippen molar-refractivity contribution < 1.29 is 4.79 Å². The lowest BCUT2D eigenvalue weighted by atomic mass is 10.1. The van der Waals surface area contributed by atoms with Crippen molar-refractivity contribution in [3.63, 3.8) is 0 Å². The fourth-order valence-electron chi connectivity index (χ4n) is 3.75. The van der Waals surface area contributed by atoms with Gasteiger partial charge in [0.05, 0.1) is 17.8 Å². The lowest BCUT2D eigenvalue weighted by Crippen LogP contribution is -2.29. The van der Waals surface area contributed by atoms with Gasteiger partial charge in [-0.15, -0.1) is 12.4 Å². The quantitative estimate of drug-likeness (QED) is 0.467. The molecule has 1 amide bonds. The molecule has 5 rings (SSSR count). The standard InChI is InChI=1S/C21H21N7O.ClH/c29-21(25-16-3-7-22-8-4-16)20-18-11-14(1-2-19(18)26-27-20)15-12-24-28(13-15)17-5-9-23-10-6-17;/h1-4,7-8,11-13,17,23H,5-6,9-10H2,(H,26,27)(H,22,25,29);1H. The normalized spacial score (nSPS) is 14.4. The number of nitrogens with one attached hydrogen (secondary N) is 3. The Hall–Kier alpha value is -3.23. The van der Waals surface area contributed by atoms with Crippen molar-refractivity contribution in [2.75, 3.05) is 18.4 Å². The summed E-state index contributed by atoms with van der Waals surface area (Å²) in [4.78, 5) is 16.7. The Morgan fingerprint density at radius 1 is 1.10 bits per heavy atom. The summed E-state index contributed by atoms with van der Waals surface area (Å²) in [5.41, 5.74) is 3.91. The summed E-state index contributed by atoms with van der Waals surface area (Å²) >= 11 is 0. The van der Waals surface area contributed by atoms with E-state index in [0.717, 1.165) is 48.0 Å². The Balaban J connectivity index is 0.00000218. The van der Waals surface area contributed by atoms with E-state index in [4.69, 9.17) is 0 Å². The highest BCUT2D eigenvalue weighted by molar-refractivity contribution is 6.11. The van der Waals surface area contributed by atoms with Gasteiger partial charge in [-0.2, -0.15) is 10.2 Å². The van der Waals surface area contributed by atoms with Gasteiger partial charge in [0.1, 0.15) is 0 Å². The zero-order valence-corrected chi connectivity index (χ0v) is 17.0. The minimum Gasteiger partial charge on any atom is -0.320 e. The number of benzene rings is 1. The number of anilines is 1. The first kappa shape index (κ1) is 20.1. The van der Waals surface area contributed by atoms with Gasteiger partial charge in [-0.1, -0.05) is 6.07 Å². The maximum Gasteiger partial charge on any atom is 0.276 e. The number of carbonyl (C=O) groups is 1. The molecule has 9 heteroatoms. The van der Waals surface area contributed by atoms with Crippen LogP contribution in [0.4, 0.5) is 5.69 Å². The van der Waals surface area contributed by atoms with Gasteiger partial charge in [-0.25, -0.2) is 0 Å². The average Bonchev–Trinajstić information content (AvgIpc) is 3.42. The largest absolute Gasteiger partial charge is 0.320 e. The van der Waals surface area contributed by atoms with Gasteiger partial charge in [0, 0.05) is 35.2 Å². The summed E-state index contributed by atoms with van der Waals surface area (Å²) in [6.45, 7) is 2.05. The summed E-state index contributed by atoms with van der Waals surface area (Å²) in [7, 11) is 0. The minimum atomic E-state index is -0.259. The van der Waals surface area contributed by atoms with Gasteiger partial charge >= 0.3 is 0 Å². The average molecular weight is 424 g/mol. The summed E-state index contributed by atoms with van der Waals surface area (Å²) in [5.74, 6) is -0.259. The zero-order chi connectivity index (χ0) is 19.6. The highest BCUT2D eigenvalue weighted by atomic mass is 35.5. The Bertz CT molecular complexity index is 1150. The Morgan fingerprint density at radius 2 is 1.90 bits per heavy atom. The summed E-state index contributed by atoms with van der Waals surface area (Å²) < 4.78 is 2.06. The molecule has 30 heavy (non-hydrogen) atoms. The monoisotopic (exact) mass is 423 g/mol. The number of H-pyrrole nitrogens is 1. The number of aromatic amines is 1. The number of halogens is 1.